The highest BCUT2D eigenvalue weighted by Crippen LogP contribution is 2.21. The predicted molar refractivity (Wildman–Crippen MR) is 52.1 cm³/mol. The quantitative estimate of drug-likeness (QED) is 0.597. The lowest BCUT2D eigenvalue weighted by atomic mass is 9.95. The maximum atomic E-state index is 9.19. The molecule has 0 saturated heterocycles. The summed E-state index contributed by atoms with van der Waals surface area (Å²) in [5.74, 6) is 0. The minimum absolute atomic E-state index is 0.251. The topological polar surface area (TPSA) is 20.2 Å². The molecule has 0 bridgehead atoms. The normalized spacial score (nSPS) is 22.7. The van der Waals surface area contributed by atoms with Crippen LogP contribution in [0.4, 0.5) is 0 Å². The van der Waals surface area contributed by atoms with Crippen molar-refractivity contribution in [2.75, 3.05) is 0 Å². The Labute approximate surface area is 75.5 Å². The summed E-state index contributed by atoms with van der Waals surface area (Å²) in [5.41, 5.74) is 1.48. The van der Waals surface area contributed by atoms with Crippen LogP contribution in [-0.2, 0) is 0 Å². The molecule has 1 N–H and O–H groups in total. The molecular formula is C11H20O. The largest absolute Gasteiger partial charge is 0.389 e. The molecule has 0 amide bonds. The zero-order valence-corrected chi connectivity index (χ0v) is 8.05. The van der Waals surface area contributed by atoms with E-state index in [0.29, 0.717) is 0 Å². The standard InChI is InChI=1S/C11H20O/c1-10(12)9-11-7-5-3-2-4-6-8-11/h9-10,12H,2-8H2,1H3. The van der Waals surface area contributed by atoms with Gasteiger partial charge in [0.25, 0.3) is 0 Å². The average molecular weight is 168 g/mol. The van der Waals surface area contributed by atoms with E-state index in [1.165, 1.54) is 50.5 Å². The van der Waals surface area contributed by atoms with Gasteiger partial charge in [0.1, 0.15) is 0 Å². The second-order valence-electron chi connectivity index (χ2n) is 3.83. The summed E-state index contributed by atoms with van der Waals surface area (Å²) < 4.78 is 0. The second-order valence-corrected chi connectivity index (χ2v) is 3.83. The lowest BCUT2D eigenvalue weighted by molar-refractivity contribution is 0.242. The van der Waals surface area contributed by atoms with Crippen molar-refractivity contribution in [3.8, 4) is 0 Å². The van der Waals surface area contributed by atoms with Crippen molar-refractivity contribution in [1.29, 1.82) is 0 Å². The molecule has 1 rings (SSSR count). The number of allylic oxidation sites excluding steroid dienone is 1. The van der Waals surface area contributed by atoms with Crippen LogP contribution in [0.3, 0.4) is 0 Å². The van der Waals surface area contributed by atoms with Gasteiger partial charge in [0, 0.05) is 0 Å². The first-order valence-electron chi connectivity index (χ1n) is 5.16. The van der Waals surface area contributed by atoms with Crippen molar-refractivity contribution in [3.05, 3.63) is 11.6 Å². The Hall–Kier alpha value is -0.300. The molecule has 70 valence electrons. The summed E-state index contributed by atoms with van der Waals surface area (Å²) >= 11 is 0. The van der Waals surface area contributed by atoms with E-state index < -0.39 is 0 Å². The fraction of sp³-hybridized carbons (Fsp3) is 0.818. The number of hydrogen-bond acceptors (Lipinski definition) is 1. The predicted octanol–water partition coefficient (Wildman–Crippen LogP) is 3.04. The monoisotopic (exact) mass is 168 g/mol. The van der Waals surface area contributed by atoms with Gasteiger partial charge in [0.05, 0.1) is 6.10 Å². The Bertz CT molecular complexity index is 137. The number of aliphatic hydroxyl groups excluding tert-OH is 1. The molecule has 1 fully saturated rings. The minimum Gasteiger partial charge on any atom is -0.389 e. The van der Waals surface area contributed by atoms with Crippen molar-refractivity contribution in [1.82, 2.24) is 0 Å². The van der Waals surface area contributed by atoms with Gasteiger partial charge >= 0.3 is 0 Å². The van der Waals surface area contributed by atoms with E-state index in [9.17, 15) is 5.11 Å². The van der Waals surface area contributed by atoms with Gasteiger partial charge in [-0.2, -0.15) is 0 Å². The van der Waals surface area contributed by atoms with Crippen LogP contribution < -0.4 is 0 Å². The van der Waals surface area contributed by atoms with Gasteiger partial charge in [0.2, 0.25) is 0 Å². The molecule has 0 spiro atoms. The van der Waals surface area contributed by atoms with E-state index >= 15 is 0 Å². The highest BCUT2D eigenvalue weighted by atomic mass is 16.3. The van der Waals surface area contributed by atoms with E-state index in [1.807, 2.05) is 13.0 Å². The Morgan fingerprint density at radius 2 is 1.58 bits per heavy atom. The first-order chi connectivity index (χ1) is 5.79. The molecule has 1 unspecified atom stereocenters. The first kappa shape index (κ1) is 9.79. The molecule has 0 aliphatic heterocycles. The third-order valence-corrected chi connectivity index (χ3v) is 2.47. The Kier molecular flexibility index (Phi) is 4.37. The van der Waals surface area contributed by atoms with Crippen molar-refractivity contribution >= 4 is 0 Å². The molecule has 1 nitrogen and oxygen atoms in total. The van der Waals surface area contributed by atoms with Crippen LogP contribution in [-0.4, -0.2) is 11.2 Å². The maximum absolute atomic E-state index is 9.19. The summed E-state index contributed by atoms with van der Waals surface area (Å²) in [4.78, 5) is 0. The van der Waals surface area contributed by atoms with Crippen molar-refractivity contribution in [2.24, 2.45) is 0 Å². The highest BCUT2D eigenvalue weighted by Gasteiger charge is 2.03. The van der Waals surface area contributed by atoms with Crippen LogP contribution in [0.2, 0.25) is 0 Å². The van der Waals surface area contributed by atoms with E-state index in [2.05, 4.69) is 0 Å². The Balaban J connectivity index is 2.39. The van der Waals surface area contributed by atoms with Gasteiger partial charge in [-0.1, -0.05) is 30.9 Å². The van der Waals surface area contributed by atoms with Crippen LogP contribution in [0.25, 0.3) is 0 Å². The van der Waals surface area contributed by atoms with Gasteiger partial charge in [-0.15, -0.1) is 0 Å². The van der Waals surface area contributed by atoms with Gasteiger partial charge in [-0.3, -0.25) is 0 Å². The van der Waals surface area contributed by atoms with Gasteiger partial charge in [0.15, 0.2) is 0 Å². The molecular weight excluding hydrogens is 148 g/mol. The van der Waals surface area contributed by atoms with E-state index in [4.69, 9.17) is 0 Å². The van der Waals surface area contributed by atoms with Crippen LogP contribution in [0.1, 0.15) is 51.9 Å². The van der Waals surface area contributed by atoms with Crippen LogP contribution in [0.5, 0.6) is 0 Å². The summed E-state index contributed by atoms with van der Waals surface area (Å²) in [6, 6.07) is 0. The summed E-state index contributed by atoms with van der Waals surface area (Å²) in [7, 11) is 0. The lowest BCUT2D eigenvalue weighted by Gasteiger charge is -2.12. The first-order valence-corrected chi connectivity index (χ1v) is 5.16. The molecule has 0 heterocycles. The smallest absolute Gasteiger partial charge is 0.0695 e. The fourth-order valence-electron chi connectivity index (χ4n) is 1.87. The van der Waals surface area contributed by atoms with Gasteiger partial charge in [-0.05, 0) is 32.6 Å². The van der Waals surface area contributed by atoms with Crippen LogP contribution in [0.15, 0.2) is 11.6 Å². The second kappa shape index (κ2) is 5.36. The van der Waals surface area contributed by atoms with Crippen molar-refractivity contribution in [2.45, 2.75) is 58.0 Å². The molecule has 1 atom stereocenters. The van der Waals surface area contributed by atoms with Crippen LogP contribution in [0, 0.1) is 0 Å². The summed E-state index contributed by atoms with van der Waals surface area (Å²) in [5, 5.41) is 9.19. The number of hydrogen-bond donors (Lipinski definition) is 1. The lowest BCUT2D eigenvalue weighted by Crippen LogP contribution is -1.98. The minimum atomic E-state index is -0.251. The molecule has 0 aromatic carbocycles. The summed E-state index contributed by atoms with van der Waals surface area (Å²) in [6.07, 6.45) is 11.0. The molecule has 0 aromatic rings. The molecule has 12 heavy (non-hydrogen) atoms. The third kappa shape index (κ3) is 3.91. The molecule has 1 saturated carbocycles. The zero-order valence-electron chi connectivity index (χ0n) is 8.05. The zero-order chi connectivity index (χ0) is 8.81. The molecule has 0 radical (unpaired) electrons. The Morgan fingerprint density at radius 1 is 1.08 bits per heavy atom. The van der Waals surface area contributed by atoms with Gasteiger partial charge in [-0.25, -0.2) is 0 Å². The molecule has 1 aliphatic carbocycles. The highest BCUT2D eigenvalue weighted by molar-refractivity contribution is 5.04. The fourth-order valence-corrected chi connectivity index (χ4v) is 1.87. The third-order valence-electron chi connectivity index (χ3n) is 2.47. The van der Waals surface area contributed by atoms with E-state index in [0.717, 1.165) is 0 Å². The maximum Gasteiger partial charge on any atom is 0.0695 e. The van der Waals surface area contributed by atoms with Crippen molar-refractivity contribution in [3.63, 3.8) is 0 Å². The number of rotatable bonds is 1. The van der Waals surface area contributed by atoms with E-state index in [1.54, 1.807) is 0 Å². The molecule has 1 heteroatoms. The number of aliphatic hydroxyl groups is 1. The summed E-state index contributed by atoms with van der Waals surface area (Å²) in [6.45, 7) is 1.84. The van der Waals surface area contributed by atoms with Gasteiger partial charge < -0.3 is 5.11 Å². The van der Waals surface area contributed by atoms with Crippen LogP contribution >= 0.6 is 0 Å². The van der Waals surface area contributed by atoms with Crippen molar-refractivity contribution < 1.29 is 5.11 Å². The SMILES string of the molecule is CC(O)C=C1CCCCCCC1. The Morgan fingerprint density at radius 3 is 2.08 bits per heavy atom. The average Bonchev–Trinajstić information content (AvgIpc) is 1.93. The molecule has 0 aromatic heterocycles. The van der Waals surface area contributed by atoms with E-state index in [-0.39, 0.29) is 6.10 Å². The molecule has 1 aliphatic rings.